The van der Waals surface area contributed by atoms with Gasteiger partial charge in [0.15, 0.2) is 0 Å². The smallest absolute Gasteiger partial charge is 0.408 e. The van der Waals surface area contributed by atoms with Gasteiger partial charge in [0.05, 0.1) is 4.48 Å². The summed E-state index contributed by atoms with van der Waals surface area (Å²) in [6.45, 7) is 5.23. The zero-order chi connectivity index (χ0) is 18.5. The molecule has 0 spiro atoms. The summed E-state index contributed by atoms with van der Waals surface area (Å²) >= 11 is 3.00. The number of ether oxygens (including phenoxy) is 1. The number of amides is 3. The Labute approximate surface area is 148 Å². The van der Waals surface area contributed by atoms with Gasteiger partial charge >= 0.3 is 12.1 Å². The number of carbonyl (C=O) groups excluding carboxylic acids is 3. The van der Waals surface area contributed by atoms with Crippen molar-refractivity contribution in [2.75, 3.05) is 6.54 Å². The lowest BCUT2D eigenvalue weighted by molar-refractivity contribution is -0.140. The van der Waals surface area contributed by atoms with Crippen LogP contribution in [0.4, 0.5) is 4.79 Å². The Hall–Kier alpha value is -1.90. The van der Waals surface area contributed by atoms with E-state index in [1.54, 1.807) is 20.8 Å². The average molecular weight is 405 g/mol. The zero-order valence-electron chi connectivity index (χ0n) is 13.8. The summed E-state index contributed by atoms with van der Waals surface area (Å²) in [6.07, 6.45) is 1.42. The number of carbonyl (C=O) groups is 4. The van der Waals surface area contributed by atoms with Crippen LogP contribution in [0.25, 0.3) is 0 Å². The van der Waals surface area contributed by atoms with E-state index >= 15 is 0 Å². The molecule has 1 rings (SSSR count). The fraction of sp³-hybridized carbons (Fsp3) is 0.600. The molecule has 24 heavy (non-hydrogen) atoms. The minimum absolute atomic E-state index is 0.166. The number of hydrogen-bond acceptors (Lipinski definition) is 5. The van der Waals surface area contributed by atoms with Crippen molar-refractivity contribution in [1.82, 2.24) is 10.2 Å². The Kier molecular flexibility index (Phi) is 6.94. The van der Waals surface area contributed by atoms with E-state index in [2.05, 4.69) is 21.2 Å². The molecule has 8 nitrogen and oxygen atoms in total. The van der Waals surface area contributed by atoms with Gasteiger partial charge in [-0.1, -0.05) is 0 Å². The van der Waals surface area contributed by atoms with Crippen molar-refractivity contribution in [2.45, 2.75) is 51.7 Å². The van der Waals surface area contributed by atoms with Crippen LogP contribution in [-0.4, -0.2) is 52.1 Å². The first-order chi connectivity index (χ1) is 11.0. The summed E-state index contributed by atoms with van der Waals surface area (Å²) in [5.74, 6) is -1.96. The van der Waals surface area contributed by atoms with Gasteiger partial charge in [0.1, 0.15) is 11.6 Å². The highest BCUT2D eigenvalue weighted by Gasteiger charge is 2.29. The topological polar surface area (TPSA) is 113 Å². The van der Waals surface area contributed by atoms with Gasteiger partial charge in [-0.25, -0.2) is 9.59 Å². The molecular formula is C15H21BrN2O6. The van der Waals surface area contributed by atoms with Gasteiger partial charge in [0.2, 0.25) is 0 Å². The molecule has 2 N–H and O–H groups in total. The van der Waals surface area contributed by atoms with E-state index in [0.29, 0.717) is 12.8 Å². The lowest BCUT2D eigenvalue weighted by atomic mass is 10.1. The minimum Gasteiger partial charge on any atom is -0.480 e. The number of alkyl carbamates (subject to hydrolysis) is 1. The van der Waals surface area contributed by atoms with Crippen LogP contribution in [-0.2, 0) is 19.1 Å². The Bertz CT molecular complexity index is 567. The van der Waals surface area contributed by atoms with Crippen molar-refractivity contribution < 1.29 is 29.0 Å². The first-order valence-electron chi connectivity index (χ1n) is 7.46. The van der Waals surface area contributed by atoms with Crippen LogP contribution in [0, 0.1) is 0 Å². The van der Waals surface area contributed by atoms with Crippen molar-refractivity contribution in [3.63, 3.8) is 0 Å². The third-order valence-corrected chi connectivity index (χ3v) is 3.65. The maximum Gasteiger partial charge on any atom is 0.408 e. The van der Waals surface area contributed by atoms with Crippen molar-refractivity contribution >= 4 is 39.8 Å². The summed E-state index contributed by atoms with van der Waals surface area (Å²) in [7, 11) is 0. The van der Waals surface area contributed by atoms with Crippen LogP contribution >= 0.6 is 15.9 Å². The largest absolute Gasteiger partial charge is 0.480 e. The number of hydrogen-bond donors (Lipinski definition) is 2. The molecule has 1 aliphatic heterocycles. The van der Waals surface area contributed by atoms with Crippen LogP contribution < -0.4 is 5.32 Å². The number of halogens is 1. The van der Waals surface area contributed by atoms with E-state index in [9.17, 15) is 19.2 Å². The van der Waals surface area contributed by atoms with Gasteiger partial charge in [-0.2, -0.15) is 0 Å². The predicted octanol–water partition coefficient (Wildman–Crippen LogP) is 1.78. The van der Waals surface area contributed by atoms with Gasteiger partial charge in [-0.05, 0) is 56.0 Å². The first-order valence-corrected chi connectivity index (χ1v) is 8.26. The predicted molar refractivity (Wildman–Crippen MR) is 88.4 cm³/mol. The molecule has 0 unspecified atom stereocenters. The van der Waals surface area contributed by atoms with E-state index in [-0.39, 0.29) is 17.4 Å². The molecule has 134 valence electrons. The van der Waals surface area contributed by atoms with Gasteiger partial charge in [0, 0.05) is 12.6 Å². The molecule has 1 aliphatic rings. The lowest BCUT2D eigenvalue weighted by Gasteiger charge is -2.22. The fourth-order valence-electron chi connectivity index (χ4n) is 2.01. The van der Waals surface area contributed by atoms with Gasteiger partial charge in [0.25, 0.3) is 11.8 Å². The quantitative estimate of drug-likeness (QED) is 0.493. The highest BCUT2D eigenvalue weighted by atomic mass is 79.9. The van der Waals surface area contributed by atoms with E-state index in [0.717, 1.165) is 4.90 Å². The molecule has 0 radical (unpaired) electrons. The second-order valence-electron chi connectivity index (χ2n) is 6.32. The fourth-order valence-corrected chi connectivity index (χ4v) is 2.42. The number of carboxylic acid groups (broad SMARTS) is 1. The van der Waals surface area contributed by atoms with Crippen LogP contribution in [0.3, 0.4) is 0 Å². The SMILES string of the molecule is CC(C)(C)OC(=O)N[C@@H](CCCCN1C(=O)C=C(Br)C1=O)C(=O)O. The summed E-state index contributed by atoms with van der Waals surface area (Å²) in [6, 6.07) is -1.09. The Morgan fingerprint density at radius 1 is 1.33 bits per heavy atom. The van der Waals surface area contributed by atoms with E-state index in [1.165, 1.54) is 6.08 Å². The summed E-state index contributed by atoms with van der Waals surface area (Å²) in [5, 5.41) is 11.4. The average Bonchev–Trinajstić information content (AvgIpc) is 2.65. The minimum atomic E-state index is -1.17. The molecule has 0 saturated heterocycles. The zero-order valence-corrected chi connectivity index (χ0v) is 15.4. The molecular weight excluding hydrogens is 384 g/mol. The summed E-state index contributed by atoms with van der Waals surface area (Å²) in [5.41, 5.74) is -0.718. The van der Waals surface area contributed by atoms with Gasteiger partial charge in [-0.15, -0.1) is 0 Å². The van der Waals surface area contributed by atoms with Crippen LogP contribution in [0.5, 0.6) is 0 Å². The monoisotopic (exact) mass is 404 g/mol. The standard InChI is InChI=1S/C15H21BrN2O6/c1-15(2,3)24-14(23)17-10(13(21)22)6-4-5-7-18-11(19)8-9(16)12(18)20/h8,10H,4-7H2,1-3H3,(H,17,23)(H,21,22)/t10-/m0/s1. The van der Waals surface area contributed by atoms with Crippen molar-refractivity contribution in [3.8, 4) is 0 Å². The first kappa shape index (κ1) is 20.1. The second kappa shape index (κ2) is 8.27. The van der Waals surface area contributed by atoms with Crippen molar-refractivity contribution in [1.29, 1.82) is 0 Å². The number of rotatable bonds is 7. The Morgan fingerprint density at radius 2 is 1.96 bits per heavy atom. The molecule has 1 heterocycles. The molecule has 0 aromatic carbocycles. The van der Waals surface area contributed by atoms with Crippen LogP contribution in [0.1, 0.15) is 40.0 Å². The maximum absolute atomic E-state index is 11.7. The van der Waals surface area contributed by atoms with Crippen molar-refractivity contribution in [2.24, 2.45) is 0 Å². The van der Waals surface area contributed by atoms with E-state index < -0.39 is 35.5 Å². The Balaban J connectivity index is 2.40. The van der Waals surface area contributed by atoms with Gasteiger partial charge < -0.3 is 15.2 Å². The molecule has 1 atom stereocenters. The molecule has 0 aliphatic carbocycles. The lowest BCUT2D eigenvalue weighted by Crippen LogP contribution is -2.43. The highest BCUT2D eigenvalue weighted by molar-refractivity contribution is 9.12. The van der Waals surface area contributed by atoms with Crippen molar-refractivity contribution in [3.05, 3.63) is 10.6 Å². The highest BCUT2D eigenvalue weighted by Crippen LogP contribution is 2.18. The molecule has 0 aromatic heterocycles. The maximum atomic E-state index is 11.7. The molecule has 0 aromatic rings. The summed E-state index contributed by atoms with van der Waals surface area (Å²) in [4.78, 5) is 47.1. The van der Waals surface area contributed by atoms with Crippen LogP contribution in [0.2, 0.25) is 0 Å². The number of nitrogens with one attached hydrogen (secondary N) is 1. The second-order valence-corrected chi connectivity index (χ2v) is 7.17. The molecule has 9 heteroatoms. The van der Waals surface area contributed by atoms with Crippen LogP contribution in [0.15, 0.2) is 10.6 Å². The molecule has 0 saturated carbocycles. The number of aliphatic carboxylic acids is 1. The van der Waals surface area contributed by atoms with E-state index in [1.807, 2.05) is 0 Å². The Morgan fingerprint density at radius 3 is 2.42 bits per heavy atom. The molecule has 0 bridgehead atoms. The number of imide groups is 1. The third-order valence-electron chi connectivity index (χ3n) is 3.08. The van der Waals surface area contributed by atoms with E-state index in [4.69, 9.17) is 9.84 Å². The van der Waals surface area contributed by atoms with Gasteiger partial charge in [-0.3, -0.25) is 14.5 Å². The molecule has 0 fully saturated rings. The third kappa shape index (κ3) is 6.31. The number of nitrogens with zero attached hydrogens (tertiary/aromatic N) is 1. The number of carboxylic acids is 1. The normalized spacial score (nSPS) is 16.0. The number of unbranched alkanes of at least 4 members (excludes halogenated alkanes) is 1. The molecule has 3 amide bonds. The summed E-state index contributed by atoms with van der Waals surface area (Å²) < 4.78 is 5.23.